The molecule has 78 valence electrons. The molecule has 0 saturated carbocycles. The molecular formula is C8H9N5O2. The van der Waals surface area contributed by atoms with E-state index in [1.165, 1.54) is 17.2 Å². The Labute approximate surface area is 84.8 Å². The monoisotopic (exact) mass is 207 g/mol. The van der Waals surface area contributed by atoms with Crippen molar-refractivity contribution >= 4 is 23.0 Å². The second-order valence-electron chi connectivity index (χ2n) is 2.91. The molecular weight excluding hydrogens is 198 g/mol. The van der Waals surface area contributed by atoms with Crippen molar-refractivity contribution in [2.24, 2.45) is 0 Å². The van der Waals surface area contributed by atoms with Crippen LogP contribution in [0.3, 0.4) is 0 Å². The molecule has 2 N–H and O–H groups in total. The normalized spacial score (nSPS) is 10.5. The van der Waals surface area contributed by atoms with Gasteiger partial charge in [-0.15, -0.1) is 0 Å². The zero-order chi connectivity index (χ0) is 10.8. The summed E-state index contributed by atoms with van der Waals surface area (Å²) in [5, 5.41) is 11.5. The highest BCUT2D eigenvalue weighted by molar-refractivity contribution is 5.83. The average Bonchev–Trinajstić information content (AvgIpc) is 2.61. The first kappa shape index (κ1) is 9.38. The first-order valence-electron chi connectivity index (χ1n) is 4.27. The molecule has 0 aliphatic rings. The number of carboxylic acids is 1. The number of hydrogen-bond donors (Lipinski definition) is 2. The van der Waals surface area contributed by atoms with Crippen LogP contribution in [0.5, 0.6) is 0 Å². The highest BCUT2D eigenvalue weighted by Crippen LogP contribution is 2.16. The Balaban J connectivity index is 2.55. The van der Waals surface area contributed by atoms with E-state index >= 15 is 0 Å². The Morgan fingerprint density at radius 1 is 1.53 bits per heavy atom. The Morgan fingerprint density at radius 3 is 3.00 bits per heavy atom. The lowest BCUT2D eigenvalue weighted by atomic mass is 10.5. The molecule has 0 amide bonds. The number of anilines is 1. The summed E-state index contributed by atoms with van der Waals surface area (Å²) < 4.78 is 1.46. The molecule has 0 atom stereocenters. The summed E-state index contributed by atoms with van der Waals surface area (Å²) in [4.78, 5) is 22.6. The smallest absolute Gasteiger partial charge is 0.323 e. The van der Waals surface area contributed by atoms with E-state index in [1.807, 2.05) is 0 Å². The van der Waals surface area contributed by atoms with E-state index in [1.54, 1.807) is 7.05 Å². The van der Waals surface area contributed by atoms with E-state index in [9.17, 15) is 4.79 Å². The Morgan fingerprint density at radius 2 is 2.33 bits per heavy atom. The van der Waals surface area contributed by atoms with Crippen LogP contribution in [0.2, 0.25) is 0 Å². The third kappa shape index (κ3) is 1.58. The predicted molar refractivity (Wildman–Crippen MR) is 52.5 cm³/mol. The Hall–Kier alpha value is -2.18. The van der Waals surface area contributed by atoms with Crippen LogP contribution < -0.4 is 5.32 Å². The molecule has 0 unspecified atom stereocenters. The van der Waals surface area contributed by atoms with Crippen LogP contribution in [-0.4, -0.2) is 37.6 Å². The summed E-state index contributed by atoms with van der Waals surface area (Å²) >= 11 is 0. The predicted octanol–water partition coefficient (Wildman–Crippen LogP) is -0.0474. The molecule has 0 bridgehead atoms. The van der Waals surface area contributed by atoms with E-state index in [0.29, 0.717) is 17.0 Å². The summed E-state index contributed by atoms with van der Waals surface area (Å²) in [5.41, 5.74) is 1.08. The zero-order valence-corrected chi connectivity index (χ0v) is 8.01. The Bertz CT molecular complexity index is 507. The van der Waals surface area contributed by atoms with Crippen molar-refractivity contribution in [2.45, 2.75) is 6.54 Å². The highest BCUT2D eigenvalue weighted by atomic mass is 16.4. The molecule has 0 aromatic carbocycles. The molecule has 0 fully saturated rings. The Kier molecular flexibility index (Phi) is 2.20. The number of fused-ring (bicyclic) bond motifs is 1. The van der Waals surface area contributed by atoms with Crippen molar-refractivity contribution in [1.82, 2.24) is 19.5 Å². The third-order valence-electron chi connectivity index (χ3n) is 1.94. The van der Waals surface area contributed by atoms with E-state index in [0.717, 1.165) is 0 Å². The van der Waals surface area contributed by atoms with Crippen LogP contribution in [0, 0.1) is 0 Å². The fourth-order valence-electron chi connectivity index (χ4n) is 1.33. The average molecular weight is 207 g/mol. The summed E-state index contributed by atoms with van der Waals surface area (Å²) in [7, 11) is 1.72. The van der Waals surface area contributed by atoms with Crippen LogP contribution in [0.4, 0.5) is 5.82 Å². The molecule has 15 heavy (non-hydrogen) atoms. The standard InChI is InChI=1S/C8H9N5O2/c1-9-7-6-8(11-3-10-7)13(4-12-6)2-5(14)15/h3-4H,2H2,1H3,(H,14,15)(H,9,10,11). The number of aromatic nitrogens is 4. The summed E-state index contributed by atoms with van der Waals surface area (Å²) in [6.45, 7) is -0.156. The van der Waals surface area contributed by atoms with Crippen molar-refractivity contribution in [1.29, 1.82) is 0 Å². The molecule has 0 spiro atoms. The number of rotatable bonds is 3. The molecule has 2 rings (SSSR count). The second-order valence-corrected chi connectivity index (χ2v) is 2.91. The molecule has 7 nitrogen and oxygen atoms in total. The van der Waals surface area contributed by atoms with Crippen LogP contribution in [0.1, 0.15) is 0 Å². The van der Waals surface area contributed by atoms with Gasteiger partial charge < -0.3 is 15.0 Å². The van der Waals surface area contributed by atoms with Crippen LogP contribution >= 0.6 is 0 Å². The van der Waals surface area contributed by atoms with E-state index in [2.05, 4.69) is 20.3 Å². The minimum Gasteiger partial charge on any atom is -0.480 e. The van der Waals surface area contributed by atoms with Crippen molar-refractivity contribution < 1.29 is 9.90 Å². The third-order valence-corrected chi connectivity index (χ3v) is 1.94. The molecule has 7 heteroatoms. The number of carbonyl (C=O) groups is 1. The number of nitrogens with zero attached hydrogens (tertiary/aromatic N) is 4. The van der Waals surface area contributed by atoms with Gasteiger partial charge in [-0.1, -0.05) is 0 Å². The summed E-state index contributed by atoms with van der Waals surface area (Å²) in [6.07, 6.45) is 2.81. The van der Waals surface area contributed by atoms with Crippen LogP contribution in [0.25, 0.3) is 11.2 Å². The fourth-order valence-corrected chi connectivity index (χ4v) is 1.33. The molecule has 2 aromatic heterocycles. The van der Waals surface area contributed by atoms with Crippen molar-refractivity contribution in [3.8, 4) is 0 Å². The number of aliphatic carboxylic acids is 1. The quantitative estimate of drug-likeness (QED) is 0.733. The van der Waals surface area contributed by atoms with Gasteiger partial charge in [0.2, 0.25) is 0 Å². The summed E-state index contributed by atoms with van der Waals surface area (Å²) in [6, 6.07) is 0. The van der Waals surface area contributed by atoms with Gasteiger partial charge in [-0.05, 0) is 0 Å². The molecule has 2 aromatic rings. The van der Waals surface area contributed by atoms with Crippen LogP contribution in [-0.2, 0) is 11.3 Å². The van der Waals surface area contributed by atoms with Gasteiger partial charge in [0.25, 0.3) is 0 Å². The topological polar surface area (TPSA) is 92.9 Å². The molecule has 0 aliphatic carbocycles. The lowest BCUT2D eigenvalue weighted by molar-refractivity contribution is -0.137. The van der Waals surface area contributed by atoms with Gasteiger partial charge in [-0.25, -0.2) is 15.0 Å². The maximum Gasteiger partial charge on any atom is 0.323 e. The van der Waals surface area contributed by atoms with Crippen LogP contribution in [0.15, 0.2) is 12.7 Å². The molecule has 0 saturated heterocycles. The largest absolute Gasteiger partial charge is 0.480 e. The van der Waals surface area contributed by atoms with Gasteiger partial charge >= 0.3 is 5.97 Å². The van der Waals surface area contributed by atoms with Gasteiger partial charge in [0, 0.05) is 7.05 Å². The molecule has 2 heterocycles. The van der Waals surface area contributed by atoms with Crippen molar-refractivity contribution in [2.75, 3.05) is 12.4 Å². The molecule has 0 radical (unpaired) electrons. The lowest BCUT2D eigenvalue weighted by Gasteiger charge is -2.00. The van der Waals surface area contributed by atoms with Gasteiger partial charge in [-0.3, -0.25) is 4.79 Å². The van der Waals surface area contributed by atoms with E-state index in [4.69, 9.17) is 5.11 Å². The van der Waals surface area contributed by atoms with Crippen molar-refractivity contribution in [3.63, 3.8) is 0 Å². The number of nitrogens with one attached hydrogen (secondary N) is 1. The summed E-state index contributed by atoms with van der Waals surface area (Å²) in [5.74, 6) is -0.344. The lowest BCUT2D eigenvalue weighted by Crippen LogP contribution is -2.08. The minimum atomic E-state index is -0.932. The van der Waals surface area contributed by atoms with E-state index < -0.39 is 5.97 Å². The maximum absolute atomic E-state index is 10.6. The number of imidazole rings is 1. The first-order valence-corrected chi connectivity index (χ1v) is 4.27. The van der Waals surface area contributed by atoms with Gasteiger partial charge in [0.05, 0.1) is 6.33 Å². The molecule has 0 aliphatic heterocycles. The fraction of sp³-hybridized carbons (Fsp3) is 0.250. The van der Waals surface area contributed by atoms with E-state index in [-0.39, 0.29) is 6.54 Å². The second kappa shape index (κ2) is 3.52. The zero-order valence-electron chi connectivity index (χ0n) is 8.01. The first-order chi connectivity index (χ1) is 7.22. The van der Waals surface area contributed by atoms with Gasteiger partial charge in [0.1, 0.15) is 18.4 Å². The maximum atomic E-state index is 10.6. The number of carboxylic acid groups (broad SMARTS) is 1. The highest BCUT2D eigenvalue weighted by Gasteiger charge is 2.10. The van der Waals surface area contributed by atoms with Gasteiger partial charge in [0.15, 0.2) is 11.5 Å². The minimum absolute atomic E-state index is 0.156. The van der Waals surface area contributed by atoms with Crippen molar-refractivity contribution in [3.05, 3.63) is 12.7 Å². The number of hydrogen-bond acceptors (Lipinski definition) is 5. The van der Waals surface area contributed by atoms with Gasteiger partial charge in [-0.2, -0.15) is 0 Å². The SMILES string of the molecule is CNc1ncnc2c1ncn2CC(=O)O.